The lowest BCUT2D eigenvalue weighted by atomic mass is 9.64. The third-order valence-electron chi connectivity index (χ3n) is 12.5. The van der Waals surface area contributed by atoms with Gasteiger partial charge in [-0.25, -0.2) is 0 Å². The van der Waals surface area contributed by atoms with E-state index in [2.05, 4.69) is 132 Å². The number of rotatable bonds is 6. The molecule has 276 valence electrons. The summed E-state index contributed by atoms with van der Waals surface area (Å²) in [5.41, 5.74) is 14.9. The third-order valence-corrected chi connectivity index (χ3v) is 12.5. The van der Waals surface area contributed by atoms with Crippen LogP contribution in [0.5, 0.6) is 0 Å². The van der Waals surface area contributed by atoms with Crippen LogP contribution in [0.2, 0.25) is 0 Å². The summed E-state index contributed by atoms with van der Waals surface area (Å²) in [6.45, 7) is 0. The monoisotopic (exact) mass is 782 g/mol. The topological polar surface area (TPSA) is 9.86 Å². The predicted octanol–water partition coefficient (Wildman–Crippen LogP) is 6.11. The van der Waals surface area contributed by atoms with Crippen molar-refractivity contribution in [1.82, 2.24) is 9.13 Å². The van der Waals surface area contributed by atoms with E-state index in [1.807, 2.05) is 53.1 Å². The minimum atomic E-state index is 0.176. The minimum Gasteiger partial charge on any atom is -0.311 e. The summed E-state index contributed by atoms with van der Waals surface area (Å²) in [5, 5.41) is 3.23. The zero-order valence-corrected chi connectivity index (χ0v) is 34.2. The second-order valence-corrected chi connectivity index (χ2v) is 16.1. The Morgan fingerprint density at radius 2 is 0.762 bits per heavy atom. The van der Waals surface area contributed by atoms with Crippen LogP contribution in [0.3, 0.4) is 0 Å². The van der Waals surface area contributed by atoms with Gasteiger partial charge in [0.1, 0.15) is 54.9 Å². The Kier molecular flexibility index (Phi) is 9.35. The van der Waals surface area contributed by atoms with Crippen molar-refractivity contribution in [3.63, 3.8) is 0 Å². The van der Waals surface area contributed by atoms with Crippen LogP contribution in [-0.2, 0) is 0 Å². The number of hydrogen-bond donors (Lipinski definition) is 0. The molecule has 0 N–H and O–H groups in total. The van der Waals surface area contributed by atoms with Gasteiger partial charge in [-0.3, -0.25) is 0 Å². The molecule has 9 heteroatoms. The maximum Gasteiger partial charge on any atom is 0.115 e. The van der Waals surface area contributed by atoms with Crippen LogP contribution in [0.15, 0.2) is 176 Å². The Morgan fingerprint density at radius 3 is 1.43 bits per heavy atom. The maximum atomic E-state index is 7.38. The molecule has 0 saturated carbocycles. The van der Waals surface area contributed by atoms with Gasteiger partial charge >= 0.3 is 0 Å². The molecule has 0 unspecified atom stereocenters. The van der Waals surface area contributed by atoms with Crippen molar-refractivity contribution in [1.29, 1.82) is 0 Å². The quantitative estimate of drug-likeness (QED) is 0.181. The molecule has 63 heavy (non-hydrogen) atoms. The average molecular weight is 782 g/mol. The number of benzene rings is 9. The van der Waals surface area contributed by atoms with Crippen LogP contribution < -0.4 is 38.2 Å². The van der Waals surface area contributed by atoms with Crippen LogP contribution >= 0.6 is 0 Å². The summed E-state index contributed by atoms with van der Waals surface area (Å²) in [4.78, 5) is 0. The minimum absolute atomic E-state index is 0.176. The van der Waals surface area contributed by atoms with E-state index in [0.717, 1.165) is 66.6 Å². The zero-order chi connectivity index (χ0) is 43.1. The van der Waals surface area contributed by atoms with Gasteiger partial charge in [0, 0.05) is 38.6 Å². The van der Waals surface area contributed by atoms with Crippen molar-refractivity contribution in [2.24, 2.45) is 0 Å². The zero-order valence-electron chi connectivity index (χ0n) is 34.2. The van der Waals surface area contributed by atoms with Gasteiger partial charge in [0.15, 0.2) is 0 Å². The molecule has 0 atom stereocenters. The van der Waals surface area contributed by atoms with E-state index in [1.54, 1.807) is 0 Å². The largest absolute Gasteiger partial charge is 0.311 e. The SMILES string of the molecule is [B]c1c([B])c([B])c2c(c1[B])c1c([B])c(-c3ccc4c(c3)c3ccc(-c5cccc(-c6ccccc6)c5)cc3n4-c3ccccc3)c([B])c([B])c1n2-c1cccc(-c2ccccc2)c1. The van der Waals surface area contributed by atoms with Crippen molar-refractivity contribution in [2.45, 2.75) is 0 Å². The maximum absolute atomic E-state index is 7.38. The van der Waals surface area contributed by atoms with Crippen LogP contribution in [0.25, 0.3) is 99.5 Å². The van der Waals surface area contributed by atoms with Gasteiger partial charge in [-0.15, -0.1) is 10.9 Å². The van der Waals surface area contributed by atoms with E-state index in [0.29, 0.717) is 43.8 Å². The van der Waals surface area contributed by atoms with Crippen LogP contribution in [0.4, 0.5) is 0 Å². The number of hydrogen-bond acceptors (Lipinski definition) is 0. The molecule has 0 saturated heterocycles. The van der Waals surface area contributed by atoms with Crippen molar-refractivity contribution < 1.29 is 0 Å². The molecule has 0 spiro atoms. The second-order valence-electron chi connectivity index (χ2n) is 16.1. The number of nitrogens with zero attached hydrogens (tertiary/aromatic N) is 2. The van der Waals surface area contributed by atoms with Crippen molar-refractivity contribution in [3.05, 3.63) is 176 Å². The predicted molar refractivity (Wildman–Crippen MR) is 275 cm³/mol. The average Bonchev–Trinajstić information content (AvgIpc) is 3.87. The molecule has 11 rings (SSSR count). The molecule has 2 heterocycles. The Hall–Kier alpha value is -6.97. The van der Waals surface area contributed by atoms with E-state index >= 15 is 0 Å². The Bertz CT molecular complexity index is 3630. The first kappa shape index (κ1) is 38.9. The van der Waals surface area contributed by atoms with Crippen LogP contribution in [0, 0.1) is 0 Å². The van der Waals surface area contributed by atoms with E-state index in [-0.39, 0.29) is 21.9 Å². The Balaban J connectivity index is 1.15. The molecule has 2 nitrogen and oxygen atoms in total. The molecule has 0 aliphatic rings. The van der Waals surface area contributed by atoms with Gasteiger partial charge in [0.05, 0.1) is 11.0 Å². The highest BCUT2D eigenvalue weighted by atomic mass is 15.0. The van der Waals surface area contributed by atoms with Crippen molar-refractivity contribution in [2.75, 3.05) is 0 Å². The molecule has 14 radical (unpaired) electrons. The second kappa shape index (κ2) is 15.1. The highest BCUT2D eigenvalue weighted by Gasteiger charge is 2.25. The number of aromatic nitrogens is 2. The number of fused-ring (bicyclic) bond motifs is 6. The number of para-hydroxylation sites is 1. The van der Waals surface area contributed by atoms with Crippen LogP contribution in [0.1, 0.15) is 0 Å². The van der Waals surface area contributed by atoms with Crippen LogP contribution in [-0.4, -0.2) is 64.1 Å². The molecular formula is C54H29B7N2. The third kappa shape index (κ3) is 6.12. The molecule has 0 fully saturated rings. The summed E-state index contributed by atoms with van der Waals surface area (Å²) in [6, 6.07) is 60.7. The molecule has 0 bridgehead atoms. The van der Waals surface area contributed by atoms with Gasteiger partial charge in [-0.1, -0.05) is 155 Å². The molecule has 0 aliphatic heterocycles. The van der Waals surface area contributed by atoms with E-state index in [1.165, 1.54) is 5.56 Å². The lowest BCUT2D eigenvalue weighted by Gasteiger charge is -2.19. The normalized spacial score (nSPS) is 11.6. The van der Waals surface area contributed by atoms with E-state index in [4.69, 9.17) is 54.9 Å². The first-order chi connectivity index (χ1) is 30.7. The molecule has 11 aromatic rings. The first-order valence-corrected chi connectivity index (χ1v) is 20.7. The Morgan fingerprint density at radius 1 is 0.270 bits per heavy atom. The first-order valence-electron chi connectivity index (χ1n) is 20.7. The standard InChI is InChI=1S/C54H29B7N2/c55-46-43(47(56)51(60)53-44(46)45-48(57)49(58)50(59)52(61)54(45)63(53)38-21-11-18-34(27-38)31-14-6-2-7-15-31)36-23-25-41-40(28-36)39-24-22-35(29-42(39)62(41)37-19-8-3-9-20-37)33-17-10-16-32(26-33)30-12-4-1-5-13-30/h1-29H. The highest BCUT2D eigenvalue weighted by molar-refractivity contribution is 6.69. The van der Waals surface area contributed by atoms with Gasteiger partial charge in [0.2, 0.25) is 0 Å². The summed E-state index contributed by atoms with van der Waals surface area (Å²) < 4.78 is 4.26. The smallest absolute Gasteiger partial charge is 0.115 e. The van der Waals surface area contributed by atoms with Gasteiger partial charge in [-0.2, -0.15) is 0 Å². The fraction of sp³-hybridized carbons (Fsp3) is 0. The summed E-state index contributed by atoms with van der Waals surface area (Å²) in [7, 11) is 48.6. The fourth-order valence-corrected chi connectivity index (χ4v) is 9.44. The Labute approximate surface area is 375 Å². The lowest BCUT2D eigenvalue weighted by Crippen LogP contribution is -2.48. The molecule has 0 aliphatic carbocycles. The van der Waals surface area contributed by atoms with E-state index in [9.17, 15) is 0 Å². The summed E-state index contributed by atoms with van der Waals surface area (Å²) >= 11 is 0. The van der Waals surface area contributed by atoms with Gasteiger partial charge in [0.25, 0.3) is 0 Å². The lowest BCUT2D eigenvalue weighted by molar-refractivity contribution is 1.18. The molecular weight excluding hydrogens is 752 g/mol. The summed E-state index contributed by atoms with van der Waals surface area (Å²) in [6.07, 6.45) is 0. The van der Waals surface area contributed by atoms with Crippen molar-refractivity contribution >= 4 is 137 Å². The van der Waals surface area contributed by atoms with Gasteiger partial charge in [-0.05, 0) is 98.4 Å². The molecule has 2 aromatic heterocycles. The highest BCUT2D eigenvalue weighted by Crippen LogP contribution is 2.38. The van der Waals surface area contributed by atoms with Gasteiger partial charge < -0.3 is 9.13 Å². The van der Waals surface area contributed by atoms with Crippen molar-refractivity contribution in [3.8, 4) is 55.9 Å². The summed E-state index contributed by atoms with van der Waals surface area (Å²) in [5.74, 6) is 0. The van der Waals surface area contributed by atoms with E-state index < -0.39 is 0 Å². The molecule has 0 amide bonds. The fourth-order valence-electron chi connectivity index (χ4n) is 9.44. The molecule has 9 aromatic carbocycles.